The molecule has 0 saturated carbocycles. The van der Waals surface area contributed by atoms with Gasteiger partial charge in [-0.25, -0.2) is 0 Å². The van der Waals surface area contributed by atoms with Crippen molar-refractivity contribution >= 4 is 0 Å². The zero-order valence-corrected chi connectivity index (χ0v) is 11.5. The van der Waals surface area contributed by atoms with E-state index in [-0.39, 0.29) is 0 Å². The number of hydrogen-bond donors (Lipinski definition) is 1. The van der Waals surface area contributed by atoms with Crippen LogP contribution >= 0.6 is 0 Å². The van der Waals surface area contributed by atoms with Gasteiger partial charge in [-0.2, -0.15) is 0 Å². The van der Waals surface area contributed by atoms with Gasteiger partial charge in [-0.3, -0.25) is 0 Å². The normalized spacial score (nSPS) is 11.0. The number of rotatable bonds is 7. The van der Waals surface area contributed by atoms with Gasteiger partial charge in [0.15, 0.2) is 0 Å². The van der Waals surface area contributed by atoms with Crippen molar-refractivity contribution in [2.75, 3.05) is 6.54 Å². The Hall–Kier alpha value is -0.980. The maximum atomic E-state index is 3.07. The molecule has 0 atom stereocenters. The second-order valence-electron chi connectivity index (χ2n) is 3.36. The Morgan fingerprint density at radius 3 is 1.56 bits per heavy atom. The second-order valence-corrected chi connectivity index (χ2v) is 3.36. The molecule has 0 radical (unpaired) electrons. The van der Waals surface area contributed by atoms with Crippen molar-refractivity contribution in [3.63, 3.8) is 0 Å². The molecule has 0 rings (SSSR count). The number of allylic oxidation sites excluding steroid dienone is 5. The van der Waals surface area contributed by atoms with Crippen molar-refractivity contribution < 1.29 is 0 Å². The predicted molar refractivity (Wildman–Crippen MR) is 76.6 cm³/mol. The van der Waals surface area contributed by atoms with Crippen LogP contribution in [-0.4, -0.2) is 6.54 Å². The van der Waals surface area contributed by atoms with Crippen molar-refractivity contribution in [3.05, 3.63) is 36.6 Å². The third-order valence-corrected chi connectivity index (χ3v) is 1.75. The lowest BCUT2D eigenvalue weighted by Gasteiger charge is -1.87. The molecular weight excluding hydrogens is 194 g/mol. The van der Waals surface area contributed by atoms with Gasteiger partial charge in [-0.1, -0.05) is 51.2 Å². The van der Waals surface area contributed by atoms with E-state index in [9.17, 15) is 0 Å². The molecule has 0 saturated heterocycles. The summed E-state index contributed by atoms with van der Waals surface area (Å²) in [6.45, 7) is 9.53. The molecular formula is C15H29N. The summed E-state index contributed by atoms with van der Waals surface area (Å²) in [4.78, 5) is 0. The molecule has 0 aliphatic heterocycles. The quantitative estimate of drug-likeness (QED) is 0.610. The molecule has 0 aliphatic rings. The van der Waals surface area contributed by atoms with Crippen molar-refractivity contribution in [1.29, 1.82) is 0 Å². The van der Waals surface area contributed by atoms with Gasteiger partial charge in [0.05, 0.1) is 0 Å². The van der Waals surface area contributed by atoms with Crippen LogP contribution in [0.5, 0.6) is 0 Å². The average Bonchev–Trinajstić information content (AvgIpc) is 2.31. The predicted octanol–water partition coefficient (Wildman–Crippen LogP) is 4.83. The molecule has 0 heterocycles. The van der Waals surface area contributed by atoms with Crippen LogP contribution in [0, 0.1) is 0 Å². The Balaban J connectivity index is 0. The van der Waals surface area contributed by atoms with Gasteiger partial charge in [-0.15, -0.1) is 0 Å². The van der Waals surface area contributed by atoms with Gasteiger partial charge < -0.3 is 5.32 Å². The topological polar surface area (TPSA) is 12.0 Å². The fourth-order valence-corrected chi connectivity index (χ4v) is 0.923. The second kappa shape index (κ2) is 19.6. The molecule has 16 heavy (non-hydrogen) atoms. The number of hydrogen-bond acceptors (Lipinski definition) is 1. The molecule has 0 aliphatic carbocycles. The monoisotopic (exact) mass is 223 g/mol. The fraction of sp³-hybridized carbons (Fsp3) is 0.600. The summed E-state index contributed by atoms with van der Waals surface area (Å²) in [7, 11) is 0. The van der Waals surface area contributed by atoms with Crippen LogP contribution in [0.15, 0.2) is 36.6 Å². The molecule has 0 aromatic carbocycles. The van der Waals surface area contributed by atoms with Crippen LogP contribution in [0.4, 0.5) is 0 Å². The summed E-state index contributed by atoms with van der Waals surface area (Å²) in [5.41, 5.74) is 0. The van der Waals surface area contributed by atoms with E-state index >= 15 is 0 Å². The molecule has 0 fully saturated rings. The summed E-state index contributed by atoms with van der Waals surface area (Å²) in [5, 5.41) is 3.07. The van der Waals surface area contributed by atoms with Gasteiger partial charge in [0, 0.05) is 6.54 Å². The van der Waals surface area contributed by atoms with E-state index in [0.29, 0.717) is 0 Å². The minimum atomic E-state index is 1.02. The van der Waals surface area contributed by atoms with E-state index in [1.807, 2.05) is 6.20 Å². The Kier molecular flexibility index (Phi) is 21.3. The van der Waals surface area contributed by atoms with E-state index < -0.39 is 0 Å². The van der Waals surface area contributed by atoms with Gasteiger partial charge in [0.2, 0.25) is 0 Å². The molecule has 1 nitrogen and oxygen atoms in total. The first-order valence-electron chi connectivity index (χ1n) is 6.51. The highest BCUT2D eigenvalue weighted by atomic mass is 14.8. The third kappa shape index (κ3) is 23.1. The highest BCUT2D eigenvalue weighted by Crippen LogP contribution is 1.89. The highest BCUT2D eigenvalue weighted by Gasteiger charge is 1.68. The van der Waals surface area contributed by atoms with Gasteiger partial charge in [0.25, 0.3) is 0 Å². The average molecular weight is 223 g/mol. The van der Waals surface area contributed by atoms with E-state index in [0.717, 1.165) is 32.2 Å². The van der Waals surface area contributed by atoms with E-state index in [1.54, 1.807) is 0 Å². The SMILES string of the molecule is CCC=CCC=CCC.CCC=CNCC. The zero-order valence-electron chi connectivity index (χ0n) is 11.5. The van der Waals surface area contributed by atoms with Crippen molar-refractivity contribution in [3.8, 4) is 0 Å². The highest BCUT2D eigenvalue weighted by molar-refractivity contribution is 4.91. The van der Waals surface area contributed by atoms with E-state index in [1.165, 1.54) is 0 Å². The van der Waals surface area contributed by atoms with E-state index in [4.69, 9.17) is 0 Å². The third-order valence-electron chi connectivity index (χ3n) is 1.75. The van der Waals surface area contributed by atoms with Gasteiger partial charge >= 0.3 is 0 Å². The van der Waals surface area contributed by atoms with Gasteiger partial charge in [0.1, 0.15) is 0 Å². The lowest BCUT2D eigenvalue weighted by atomic mass is 10.3. The Morgan fingerprint density at radius 2 is 1.19 bits per heavy atom. The smallest absolute Gasteiger partial charge is 0.0112 e. The standard InChI is InChI=1S/C9H16.C6H13N/c1-3-5-7-9-8-6-4-2;1-3-5-6-7-4-2/h5-8H,3-4,9H2,1-2H3;5-7H,3-4H2,1-2H3. The van der Waals surface area contributed by atoms with Crippen LogP contribution in [0.2, 0.25) is 0 Å². The molecule has 94 valence electrons. The molecule has 0 aromatic heterocycles. The summed E-state index contributed by atoms with van der Waals surface area (Å²) >= 11 is 0. The summed E-state index contributed by atoms with van der Waals surface area (Å²) in [6, 6.07) is 0. The molecule has 0 spiro atoms. The maximum absolute atomic E-state index is 3.07. The first-order valence-corrected chi connectivity index (χ1v) is 6.51. The molecule has 1 N–H and O–H groups in total. The van der Waals surface area contributed by atoms with Crippen molar-refractivity contribution in [2.45, 2.75) is 53.4 Å². The summed E-state index contributed by atoms with van der Waals surface area (Å²) < 4.78 is 0. The Bertz CT molecular complexity index is 166. The minimum Gasteiger partial charge on any atom is -0.391 e. The molecule has 0 amide bonds. The van der Waals surface area contributed by atoms with Crippen LogP contribution in [-0.2, 0) is 0 Å². The van der Waals surface area contributed by atoms with Gasteiger partial charge in [-0.05, 0) is 38.8 Å². The molecule has 0 unspecified atom stereocenters. The van der Waals surface area contributed by atoms with E-state index in [2.05, 4.69) is 63.4 Å². The first kappa shape index (κ1) is 17.4. The molecule has 1 heteroatoms. The van der Waals surface area contributed by atoms with Crippen LogP contribution < -0.4 is 5.32 Å². The minimum absolute atomic E-state index is 1.02. The Labute approximate surface area is 102 Å². The Morgan fingerprint density at radius 1 is 0.688 bits per heavy atom. The fourth-order valence-electron chi connectivity index (χ4n) is 0.923. The zero-order chi connectivity index (χ0) is 12.5. The van der Waals surface area contributed by atoms with Crippen LogP contribution in [0.25, 0.3) is 0 Å². The van der Waals surface area contributed by atoms with Crippen molar-refractivity contribution in [2.24, 2.45) is 0 Å². The largest absolute Gasteiger partial charge is 0.391 e. The lowest BCUT2D eigenvalue weighted by Crippen LogP contribution is -2.00. The summed E-state index contributed by atoms with van der Waals surface area (Å²) in [6.07, 6.45) is 17.4. The summed E-state index contributed by atoms with van der Waals surface area (Å²) in [5.74, 6) is 0. The molecule has 0 bridgehead atoms. The van der Waals surface area contributed by atoms with Crippen LogP contribution in [0.1, 0.15) is 53.4 Å². The lowest BCUT2D eigenvalue weighted by molar-refractivity contribution is 0.912. The van der Waals surface area contributed by atoms with Crippen LogP contribution in [0.3, 0.4) is 0 Å². The first-order chi connectivity index (χ1) is 7.83. The number of nitrogens with one attached hydrogen (secondary N) is 1. The maximum Gasteiger partial charge on any atom is 0.0112 e. The molecule has 0 aromatic rings. The van der Waals surface area contributed by atoms with Crippen molar-refractivity contribution in [1.82, 2.24) is 5.32 Å².